The van der Waals surface area contributed by atoms with Gasteiger partial charge in [-0.2, -0.15) is 4.99 Å². The smallest absolute Gasteiger partial charge is 0.349 e. The van der Waals surface area contributed by atoms with E-state index in [4.69, 9.17) is 9.15 Å². The van der Waals surface area contributed by atoms with Crippen molar-refractivity contribution in [2.45, 2.75) is 6.54 Å². The molecule has 1 amide bonds. The number of fused-ring (bicyclic) bond motifs is 4. The Labute approximate surface area is 184 Å². The van der Waals surface area contributed by atoms with Gasteiger partial charge in [-0.15, -0.1) is 0 Å². The van der Waals surface area contributed by atoms with E-state index >= 15 is 0 Å². The summed E-state index contributed by atoms with van der Waals surface area (Å²) >= 11 is 1.17. The van der Waals surface area contributed by atoms with Crippen molar-refractivity contribution < 1.29 is 18.3 Å². The molecule has 0 N–H and O–H groups in total. The predicted molar refractivity (Wildman–Crippen MR) is 122 cm³/mol. The molecule has 0 saturated heterocycles. The number of ether oxygens (including phenoxy) is 1. The summed E-state index contributed by atoms with van der Waals surface area (Å²) in [4.78, 5) is 30.0. The Morgan fingerprint density at radius 1 is 1.12 bits per heavy atom. The topological polar surface area (TPSA) is 73.8 Å². The molecule has 32 heavy (non-hydrogen) atoms. The number of amides is 1. The van der Waals surface area contributed by atoms with Crippen LogP contribution in [0.1, 0.15) is 10.4 Å². The second kappa shape index (κ2) is 8.14. The second-order valence-corrected chi connectivity index (χ2v) is 8.19. The van der Waals surface area contributed by atoms with Crippen molar-refractivity contribution in [3.8, 4) is 0 Å². The largest absolute Gasteiger partial charge is 0.422 e. The summed E-state index contributed by atoms with van der Waals surface area (Å²) in [6.45, 7) is 0.617. The number of carbonyl (C=O) groups excluding carboxylic acids is 1. The maximum Gasteiger partial charge on any atom is 0.349 e. The molecule has 8 heteroatoms. The van der Waals surface area contributed by atoms with Gasteiger partial charge in [0.15, 0.2) is 4.80 Å². The lowest BCUT2D eigenvalue weighted by Crippen LogP contribution is -2.21. The molecule has 3 aromatic carbocycles. The van der Waals surface area contributed by atoms with E-state index in [1.807, 2.05) is 30.3 Å². The zero-order valence-electron chi connectivity index (χ0n) is 17.0. The number of carbonyl (C=O) groups is 1. The molecule has 0 radical (unpaired) electrons. The Morgan fingerprint density at radius 3 is 2.81 bits per heavy atom. The van der Waals surface area contributed by atoms with E-state index in [1.54, 1.807) is 22.8 Å². The third kappa shape index (κ3) is 3.43. The summed E-state index contributed by atoms with van der Waals surface area (Å²) in [6.07, 6.45) is 0. The van der Waals surface area contributed by atoms with Crippen molar-refractivity contribution in [1.29, 1.82) is 0 Å². The maximum atomic E-state index is 14.5. The van der Waals surface area contributed by atoms with Gasteiger partial charge in [0.2, 0.25) is 0 Å². The molecular formula is C24H17FN2O4S. The maximum absolute atomic E-state index is 14.5. The molecule has 0 unspecified atom stereocenters. The lowest BCUT2D eigenvalue weighted by Gasteiger charge is -2.05. The number of benzene rings is 3. The highest BCUT2D eigenvalue weighted by molar-refractivity contribution is 7.16. The molecule has 0 fully saturated rings. The van der Waals surface area contributed by atoms with Crippen LogP contribution in [0.15, 0.2) is 74.9 Å². The van der Waals surface area contributed by atoms with E-state index in [0.717, 1.165) is 10.8 Å². The van der Waals surface area contributed by atoms with Gasteiger partial charge in [0.25, 0.3) is 5.91 Å². The fourth-order valence-corrected chi connectivity index (χ4v) is 4.80. The summed E-state index contributed by atoms with van der Waals surface area (Å²) in [6, 6.07) is 17.4. The Hall–Kier alpha value is -3.62. The van der Waals surface area contributed by atoms with Crippen molar-refractivity contribution in [3.05, 3.63) is 87.3 Å². The zero-order valence-corrected chi connectivity index (χ0v) is 17.8. The van der Waals surface area contributed by atoms with Gasteiger partial charge in [0.05, 0.1) is 16.8 Å². The van der Waals surface area contributed by atoms with Gasteiger partial charge in [0, 0.05) is 19.0 Å². The van der Waals surface area contributed by atoms with E-state index in [1.165, 1.54) is 30.6 Å². The van der Waals surface area contributed by atoms with Crippen LogP contribution in [-0.4, -0.2) is 24.2 Å². The van der Waals surface area contributed by atoms with Crippen molar-refractivity contribution in [3.63, 3.8) is 0 Å². The summed E-state index contributed by atoms with van der Waals surface area (Å²) in [5.41, 5.74) is -0.204. The number of rotatable bonds is 4. The summed E-state index contributed by atoms with van der Waals surface area (Å²) in [7, 11) is 1.54. The molecule has 2 aromatic heterocycles. The molecule has 0 atom stereocenters. The standard InChI is InChI=1S/C24H17FN2O4S/c1-30-12-11-27-21-18(25)7-4-8-20(21)32-24(27)26-22(28)17-13-16-15-6-3-2-5-14(15)9-10-19(16)31-23(17)29/h2-10,13H,11-12H2,1H3. The highest BCUT2D eigenvalue weighted by Gasteiger charge is 2.17. The van der Waals surface area contributed by atoms with Gasteiger partial charge in [-0.05, 0) is 35.0 Å². The minimum Gasteiger partial charge on any atom is -0.422 e. The predicted octanol–water partition coefficient (Wildman–Crippen LogP) is 4.49. The van der Waals surface area contributed by atoms with Gasteiger partial charge in [-0.1, -0.05) is 47.7 Å². The van der Waals surface area contributed by atoms with Crippen LogP contribution in [0.3, 0.4) is 0 Å². The highest BCUT2D eigenvalue weighted by atomic mass is 32.1. The van der Waals surface area contributed by atoms with Crippen molar-refractivity contribution in [2.24, 2.45) is 4.99 Å². The van der Waals surface area contributed by atoms with Gasteiger partial charge in [-0.3, -0.25) is 4.79 Å². The van der Waals surface area contributed by atoms with Crippen molar-refractivity contribution in [2.75, 3.05) is 13.7 Å². The molecule has 0 aliphatic carbocycles. The number of aromatic nitrogens is 1. The van der Waals surface area contributed by atoms with Crippen LogP contribution < -0.4 is 10.4 Å². The molecule has 0 spiro atoms. The van der Waals surface area contributed by atoms with E-state index in [2.05, 4.69) is 4.99 Å². The first-order chi connectivity index (χ1) is 15.6. The number of halogens is 1. The van der Waals surface area contributed by atoms with Crippen molar-refractivity contribution >= 4 is 49.2 Å². The number of hydrogen-bond donors (Lipinski definition) is 0. The Kier molecular flexibility index (Phi) is 5.16. The van der Waals surface area contributed by atoms with Gasteiger partial charge < -0.3 is 13.7 Å². The Balaban J connectivity index is 1.70. The molecule has 0 bridgehead atoms. The Morgan fingerprint density at radius 2 is 1.97 bits per heavy atom. The molecule has 6 nitrogen and oxygen atoms in total. The van der Waals surface area contributed by atoms with Crippen LogP contribution in [0.25, 0.3) is 32.0 Å². The van der Waals surface area contributed by atoms with Crippen molar-refractivity contribution in [1.82, 2.24) is 4.57 Å². The van der Waals surface area contributed by atoms with Crippen LogP contribution in [0.4, 0.5) is 4.39 Å². The van der Waals surface area contributed by atoms with E-state index < -0.39 is 17.3 Å². The van der Waals surface area contributed by atoms with Crippen LogP contribution in [-0.2, 0) is 11.3 Å². The second-order valence-electron chi connectivity index (χ2n) is 7.18. The first-order valence-corrected chi connectivity index (χ1v) is 10.7. The number of hydrogen-bond acceptors (Lipinski definition) is 5. The third-order valence-electron chi connectivity index (χ3n) is 5.24. The number of thiazole rings is 1. The van der Waals surface area contributed by atoms with Gasteiger partial charge in [0.1, 0.15) is 17.0 Å². The molecule has 5 rings (SSSR count). The molecule has 2 heterocycles. The summed E-state index contributed by atoms with van der Waals surface area (Å²) < 4.78 is 27.3. The van der Waals surface area contributed by atoms with Crippen LogP contribution >= 0.6 is 11.3 Å². The van der Waals surface area contributed by atoms with Crippen LogP contribution in [0.2, 0.25) is 0 Å². The molecule has 0 aliphatic rings. The third-order valence-corrected chi connectivity index (χ3v) is 6.28. The van der Waals surface area contributed by atoms with Gasteiger partial charge in [-0.25, -0.2) is 9.18 Å². The highest BCUT2D eigenvalue weighted by Crippen LogP contribution is 2.25. The van der Waals surface area contributed by atoms with Crippen LogP contribution in [0.5, 0.6) is 0 Å². The average molecular weight is 448 g/mol. The Bertz CT molecular complexity index is 1630. The summed E-state index contributed by atoms with van der Waals surface area (Å²) in [5, 5.41) is 2.47. The minimum atomic E-state index is -0.766. The fourth-order valence-electron chi connectivity index (χ4n) is 3.73. The summed E-state index contributed by atoms with van der Waals surface area (Å²) in [5.74, 6) is -1.16. The van der Waals surface area contributed by atoms with E-state index in [0.29, 0.717) is 34.3 Å². The normalized spacial score (nSPS) is 12.2. The van der Waals surface area contributed by atoms with E-state index in [9.17, 15) is 14.0 Å². The van der Waals surface area contributed by atoms with Crippen LogP contribution in [0, 0.1) is 5.82 Å². The van der Waals surface area contributed by atoms with Gasteiger partial charge >= 0.3 is 5.63 Å². The molecule has 5 aromatic rings. The zero-order chi connectivity index (χ0) is 22.2. The first-order valence-electron chi connectivity index (χ1n) is 9.88. The quantitative estimate of drug-likeness (QED) is 0.300. The number of para-hydroxylation sites is 1. The average Bonchev–Trinajstić information content (AvgIpc) is 3.15. The number of methoxy groups -OCH3 is 1. The molecule has 0 saturated carbocycles. The molecule has 160 valence electrons. The lowest BCUT2D eigenvalue weighted by molar-refractivity contribution is 0.0994. The minimum absolute atomic E-state index is 0.176. The molecule has 0 aliphatic heterocycles. The lowest BCUT2D eigenvalue weighted by atomic mass is 10.0. The fraction of sp³-hybridized carbons (Fsp3) is 0.125. The molecular weight excluding hydrogens is 431 g/mol. The first kappa shape index (κ1) is 20.3. The number of nitrogens with zero attached hydrogens (tertiary/aromatic N) is 2. The SMILES string of the molecule is COCCn1c(=NC(=O)c2cc3c(ccc4ccccc43)oc2=O)sc2cccc(F)c21. The monoisotopic (exact) mass is 448 g/mol. The van der Waals surface area contributed by atoms with E-state index in [-0.39, 0.29) is 10.4 Å².